The molecule has 0 saturated heterocycles. The van der Waals surface area contributed by atoms with Gasteiger partial charge in [0.05, 0.1) is 12.0 Å². The van der Waals surface area contributed by atoms with Crippen molar-refractivity contribution in [2.75, 3.05) is 27.3 Å². The summed E-state index contributed by atoms with van der Waals surface area (Å²) < 4.78 is 5.04. The van der Waals surface area contributed by atoms with Gasteiger partial charge in [-0.2, -0.15) is 0 Å². The first-order chi connectivity index (χ1) is 8.04. The summed E-state index contributed by atoms with van der Waals surface area (Å²) in [4.78, 5) is 2.24. The number of nitrogens with zero attached hydrogens (tertiary/aromatic N) is 1. The SMILES string of the molecule is COCC(Cl)CN(C)Cc1c(C)cccc1C. The molecule has 0 heterocycles. The third-order valence-corrected chi connectivity index (χ3v) is 3.19. The predicted molar refractivity (Wildman–Crippen MR) is 73.8 cm³/mol. The summed E-state index contributed by atoms with van der Waals surface area (Å²) in [5.41, 5.74) is 4.08. The van der Waals surface area contributed by atoms with E-state index in [1.165, 1.54) is 16.7 Å². The molecule has 96 valence electrons. The van der Waals surface area contributed by atoms with E-state index in [4.69, 9.17) is 16.3 Å². The molecule has 0 N–H and O–H groups in total. The molecule has 0 fully saturated rings. The van der Waals surface area contributed by atoms with Crippen LogP contribution in [0.3, 0.4) is 0 Å². The van der Waals surface area contributed by atoms with Crippen LogP contribution in [0, 0.1) is 13.8 Å². The van der Waals surface area contributed by atoms with Gasteiger partial charge in [0.15, 0.2) is 0 Å². The summed E-state index contributed by atoms with van der Waals surface area (Å²) in [6.07, 6.45) is 0. The van der Waals surface area contributed by atoms with E-state index in [9.17, 15) is 0 Å². The number of rotatable bonds is 6. The van der Waals surface area contributed by atoms with Gasteiger partial charge in [0.1, 0.15) is 0 Å². The Bertz CT molecular complexity index is 334. The highest BCUT2D eigenvalue weighted by atomic mass is 35.5. The first-order valence-corrected chi connectivity index (χ1v) is 6.35. The van der Waals surface area contributed by atoms with Crippen LogP contribution in [0.2, 0.25) is 0 Å². The highest BCUT2D eigenvalue weighted by Gasteiger charge is 2.10. The lowest BCUT2D eigenvalue weighted by molar-refractivity contribution is 0.181. The normalized spacial score (nSPS) is 13.1. The fourth-order valence-corrected chi connectivity index (χ4v) is 2.37. The molecule has 2 nitrogen and oxygen atoms in total. The minimum absolute atomic E-state index is 0.0503. The number of benzene rings is 1. The van der Waals surface area contributed by atoms with Crippen molar-refractivity contribution in [3.8, 4) is 0 Å². The fourth-order valence-electron chi connectivity index (χ4n) is 2.00. The van der Waals surface area contributed by atoms with Gasteiger partial charge < -0.3 is 9.64 Å². The maximum absolute atomic E-state index is 6.15. The molecule has 0 aliphatic heterocycles. The van der Waals surface area contributed by atoms with Crippen LogP contribution in [-0.4, -0.2) is 37.6 Å². The Labute approximate surface area is 110 Å². The summed E-state index contributed by atoms with van der Waals surface area (Å²) >= 11 is 6.15. The zero-order valence-corrected chi connectivity index (χ0v) is 11.9. The molecule has 0 aliphatic rings. The highest BCUT2D eigenvalue weighted by Crippen LogP contribution is 2.15. The van der Waals surface area contributed by atoms with Crippen molar-refractivity contribution in [3.05, 3.63) is 34.9 Å². The molecule has 1 aromatic rings. The van der Waals surface area contributed by atoms with Gasteiger partial charge in [-0.15, -0.1) is 11.6 Å². The van der Waals surface area contributed by atoms with E-state index in [-0.39, 0.29) is 5.38 Å². The van der Waals surface area contributed by atoms with Crippen LogP contribution < -0.4 is 0 Å². The summed E-state index contributed by atoms with van der Waals surface area (Å²) in [6.45, 7) is 6.68. The van der Waals surface area contributed by atoms with E-state index in [1.807, 2.05) is 0 Å². The highest BCUT2D eigenvalue weighted by molar-refractivity contribution is 6.20. The standard InChI is InChI=1S/C14H22ClNO/c1-11-6-5-7-12(2)14(11)9-16(3)8-13(15)10-17-4/h5-7,13H,8-10H2,1-4H3. The number of halogens is 1. The van der Waals surface area contributed by atoms with Crippen LogP contribution in [0.15, 0.2) is 18.2 Å². The molecule has 1 atom stereocenters. The summed E-state index contributed by atoms with van der Waals surface area (Å²) in [5.74, 6) is 0. The molecule has 0 aliphatic carbocycles. The maximum Gasteiger partial charge on any atom is 0.0696 e. The first-order valence-electron chi connectivity index (χ1n) is 5.91. The second kappa shape index (κ2) is 7.00. The summed E-state index contributed by atoms with van der Waals surface area (Å²) in [7, 11) is 3.78. The van der Waals surface area contributed by atoms with Crippen molar-refractivity contribution in [3.63, 3.8) is 0 Å². The molecule has 0 spiro atoms. The zero-order chi connectivity index (χ0) is 12.8. The van der Waals surface area contributed by atoms with E-state index in [2.05, 4.69) is 44.0 Å². The molecule has 0 aromatic heterocycles. The van der Waals surface area contributed by atoms with E-state index < -0.39 is 0 Å². The van der Waals surface area contributed by atoms with Gasteiger partial charge in [0.2, 0.25) is 0 Å². The van der Waals surface area contributed by atoms with Crippen LogP contribution in [-0.2, 0) is 11.3 Å². The number of methoxy groups -OCH3 is 1. The van der Waals surface area contributed by atoms with Gasteiger partial charge in [0, 0.05) is 20.2 Å². The molecular formula is C14H22ClNO. The van der Waals surface area contributed by atoms with Crippen molar-refractivity contribution >= 4 is 11.6 Å². The van der Waals surface area contributed by atoms with Crippen LogP contribution in [0.1, 0.15) is 16.7 Å². The lowest BCUT2D eigenvalue weighted by Gasteiger charge is -2.21. The van der Waals surface area contributed by atoms with Crippen molar-refractivity contribution in [2.24, 2.45) is 0 Å². The topological polar surface area (TPSA) is 12.5 Å². The van der Waals surface area contributed by atoms with Crippen LogP contribution in [0.4, 0.5) is 0 Å². The summed E-state index contributed by atoms with van der Waals surface area (Å²) in [5, 5.41) is 0.0503. The van der Waals surface area contributed by atoms with Gasteiger partial charge >= 0.3 is 0 Å². The summed E-state index contributed by atoms with van der Waals surface area (Å²) in [6, 6.07) is 6.41. The first kappa shape index (κ1) is 14.5. The van der Waals surface area contributed by atoms with E-state index >= 15 is 0 Å². The van der Waals surface area contributed by atoms with Gasteiger partial charge in [-0.25, -0.2) is 0 Å². The molecule has 17 heavy (non-hydrogen) atoms. The third-order valence-electron chi connectivity index (χ3n) is 2.93. The van der Waals surface area contributed by atoms with Gasteiger partial charge in [-0.05, 0) is 37.6 Å². The minimum atomic E-state index is 0.0503. The Morgan fingerprint density at radius 1 is 1.29 bits per heavy atom. The van der Waals surface area contributed by atoms with Crippen LogP contribution in [0.25, 0.3) is 0 Å². The monoisotopic (exact) mass is 255 g/mol. The van der Waals surface area contributed by atoms with E-state index in [0.717, 1.165) is 13.1 Å². The third kappa shape index (κ3) is 4.66. The smallest absolute Gasteiger partial charge is 0.0696 e. The molecule has 1 aromatic carbocycles. The molecule has 0 bridgehead atoms. The Balaban J connectivity index is 2.59. The number of aryl methyl sites for hydroxylation is 2. The molecule has 0 saturated carbocycles. The predicted octanol–water partition coefficient (Wildman–Crippen LogP) is 2.99. The van der Waals surface area contributed by atoms with Gasteiger partial charge in [-0.3, -0.25) is 0 Å². The lowest BCUT2D eigenvalue weighted by atomic mass is 10.0. The minimum Gasteiger partial charge on any atom is -0.383 e. The Hall–Kier alpha value is -0.570. The number of alkyl halides is 1. The van der Waals surface area contributed by atoms with Crippen molar-refractivity contribution in [1.82, 2.24) is 4.90 Å². The van der Waals surface area contributed by atoms with Crippen molar-refractivity contribution in [2.45, 2.75) is 25.8 Å². The molecule has 0 amide bonds. The second-order valence-corrected chi connectivity index (χ2v) is 5.24. The fraction of sp³-hybridized carbons (Fsp3) is 0.571. The Kier molecular flexibility index (Phi) is 5.96. The molecular weight excluding hydrogens is 234 g/mol. The Morgan fingerprint density at radius 2 is 1.88 bits per heavy atom. The average Bonchev–Trinajstić information content (AvgIpc) is 2.24. The van der Waals surface area contributed by atoms with Gasteiger partial charge in [0.25, 0.3) is 0 Å². The number of hydrogen-bond donors (Lipinski definition) is 0. The molecule has 3 heteroatoms. The Morgan fingerprint density at radius 3 is 2.41 bits per heavy atom. The molecule has 1 unspecified atom stereocenters. The lowest BCUT2D eigenvalue weighted by Crippen LogP contribution is -2.28. The quantitative estimate of drug-likeness (QED) is 0.725. The van der Waals surface area contributed by atoms with Crippen molar-refractivity contribution < 1.29 is 4.74 Å². The van der Waals surface area contributed by atoms with E-state index in [0.29, 0.717) is 6.61 Å². The molecule has 0 radical (unpaired) electrons. The van der Waals surface area contributed by atoms with Crippen LogP contribution in [0.5, 0.6) is 0 Å². The van der Waals surface area contributed by atoms with E-state index in [1.54, 1.807) is 7.11 Å². The maximum atomic E-state index is 6.15. The average molecular weight is 256 g/mol. The number of hydrogen-bond acceptors (Lipinski definition) is 2. The molecule has 1 rings (SSSR count). The van der Waals surface area contributed by atoms with Gasteiger partial charge in [-0.1, -0.05) is 18.2 Å². The largest absolute Gasteiger partial charge is 0.383 e. The van der Waals surface area contributed by atoms with Crippen molar-refractivity contribution in [1.29, 1.82) is 0 Å². The second-order valence-electron chi connectivity index (χ2n) is 4.62. The number of ether oxygens (including phenoxy) is 1. The zero-order valence-electron chi connectivity index (χ0n) is 11.2. The van der Waals surface area contributed by atoms with Crippen LogP contribution >= 0.6 is 11.6 Å².